The minimum absolute atomic E-state index is 0.113. The molecular formula is C18H18N4O2S. The summed E-state index contributed by atoms with van der Waals surface area (Å²) in [5, 5.41) is 11.6. The molecule has 7 heteroatoms. The Hall–Kier alpha value is -2.80. The van der Waals surface area contributed by atoms with E-state index in [1.54, 1.807) is 19.5 Å². The van der Waals surface area contributed by atoms with Crippen LogP contribution in [0.2, 0.25) is 0 Å². The Labute approximate surface area is 150 Å². The first-order valence-electron chi connectivity index (χ1n) is 7.70. The van der Waals surface area contributed by atoms with E-state index in [0.29, 0.717) is 16.6 Å². The highest BCUT2D eigenvalue weighted by Crippen LogP contribution is 2.22. The Bertz CT molecular complexity index is 879. The summed E-state index contributed by atoms with van der Waals surface area (Å²) in [5.74, 6) is 0.823. The molecule has 0 saturated carbocycles. The van der Waals surface area contributed by atoms with E-state index in [1.807, 2.05) is 54.0 Å². The number of ether oxygens (including phenoxy) is 1. The second-order valence-electron chi connectivity index (χ2n) is 5.34. The summed E-state index contributed by atoms with van der Waals surface area (Å²) in [6.45, 7) is 2.03. The van der Waals surface area contributed by atoms with Crippen LogP contribution in [0.1, 0.15) is 5.56 Å². The van der Waals surface area contributed by atoms with Gasteiger partial charge in [0.2, 0.25) is 5.91 Å². The minimum Gasteiger partial charge on any atom is -0.497 e. The summed E-state index contributed by atoms with van der Waals surface area (Å²) in [6.07, 6.45) is 1.66. The standard InChI is InChI=1S/C18H18N4O2S/c1-13-6-3-4-9-16(13)22-12-19-21-18(22)25-11-17(23)20-14-7-5-8-15(10-14)24-2/h3-10,12H,11H2,1-2H3,(H,20,23). The van der Waals surface area contributed by atoms with Gasteiger partial charge in [0.25, 0.3) is 0 Å². The molecule has 0 fully saturated rings. The Morgan fingerprint density at radius 1 is 1.24 bits per heavy atom. The predicted molar refractivity (Wildman–Crippen MR) is 98.4 cm³/mol. The third-order valence-electron chi connectivity index (χ3n) is 3.58. The van der Waals surface area contributed by atoms with E-state index in [0.717, 1.165) is 11.3 Å². The van der Waals surface area contributed by atoms with E-state index in [2.05, 4.69) is 15.5 Å². The fraction of sp³-hybridized carbons (Fsp3) is 0.167. The van der Waals surface area contributed by atoms with Crippen LogP contribution in [-0.4, -0.2) is 33.5 Å². The molecular weight excluding hydrogens is 336 g/mol. The van der Waals surface area contributed by atoms with Crippen LogP contribution < -0.4 is 10.1 Å². The molecule has 0 unspecified atom stereocenters. The van der Waals surface area contributed by atoms with Gasteiger partial charge in [0, 0.05) is 11.8 Å². The molecule has 0 atom stereocenters. The highest BCUT2D eigenvalue weighted by atomic mass is 32.2. The van der Waals surface area contributed by atoms with Crippen molar-refractivity contribution in [3.8, 4) is 11.4 Å². The third-order valence-corrected chi connectivity index (χ3v) is 4.52. The van der Waals surface area contributed by atoms with Gasteiger partial charge in [-0.05, 0) is 30.7 Å². The Balaban J connectivity index is 1.65. The van der Waals surface area contributed by atoms with Crippen molar-refractivity contribution in [2.75, 3.05) is 18.2 Å². The summed E-state index contributed by atoms with van der Waals surface area (Å²) in [4.78, 5) is 12.2. The summed E-state index contributed by atoms with van der Waals surface area (Å²) in [5.41, 5.74) is 2.82. The van der Waals surface area contributed by atoms with Crippen molar-refractivity contribution >= 4 is 23.4 Å². The number of anilines is 1. The van der Waals surface area contributed by atoms with E-state index < -0.39 is 0 Å². The lowest BCUT2D eigenvalue weighted by Gasteiger charge is -2.09. The van der Waals surface area contributed by atoms with Gasteiger partial charge in [-0.2, -0.15) is 0 Å². The molecule has 1 amide bonds. The number of rotatable bonds is 6. The number of methoxy groups -OCH3 is 1. The number of para-hydroxylation sites is 1. The largest absolute Gasteiger partial charge is 0.497 e. The van der Waals surface area contributed by atoms with Crippen molar-refractivity contribution in [3.63, 3.8) is 0 Å². The molecule has 2 aromatic carbocycles. The lowest BCUT2D eigenvalue weighted by Crippen LogP contribution is -2.14. The van der Waals surface area contributed by atoms with Crippen LogP contribution in [0, 0.1) is 6.92 Å². The summed E-state index contributed by atoms with van der Waals surface area (Å²) < 4.78 is 7.04. The monoisotopic (exact) mass is 354 g/mol. The number of nitrogens with zero attached hydrogens (tertiary/aromatic N) is 3. The van der Waals surface area contributed by atoms with Crippen LogP contribution in [0.5, 0.6) is 5.75 Å². The topological polar surface area (TPSA) is 69.0 Å². The van der Waals surface area contributed by atoms with Crippen LogP contribution >= 0.6 is 11.8 Å². The van der Waals surface area contributed by atoms with Gasteiger partial charge in [0.05, 0.1) is 18.6 Å². The Morgan fingerprint density at radius 3 is 2.88 bits per heavy atom. The van der Waals surface area contributed by atoms with Gasteiger partial charge >= 0.3 is 0 Å². The minimum atomic E-state index is -0.113. The summed E-state index contributed by atoms with van der Waals surface area (Å²) >= 11 is 1.34. The Kier molecular flexibility index (Phi) is 5.35. The zero-order chi connectivity index (χ0) is 17.6. The van der Waals surface area contributed by atoms with Crippen molar-refractivity contribution in [1.29, 1.82) is 0 Å². The number of aryl methyl sites for hydroxylation is 1. The van der Waals surface area contributed by atoms with E-state index in [1.165, 1.54) is 11.8 Å². The number of thioether (sulfide) groups is 1. The maximum absolute atomic E-state index is 12.2. The van der Waals surface area contributed by atoms with Gasteiger partial charge in [0.15, 0.2) is 5.16 Å². The second kappa shape index (κ2) is 7.85. The third kappa shape index (κ3) is 4.19. The van der Waals surface area contributed by atoms with E-state index >= 15 is 0 Å². The second-order valence-corrected chi connectivity index (χ2v) is 6.28. The highest BCUT2D eigenvalue weighted by Gasteiger charge is 2.11. The van der Waals surface area contributed by atoms with Crippen molar-refractivity contribution in [1.82, 2.24) is 14.8 Å². The Morgan fingerprint density at radius 2 is 2.08 bits per heavy atom. The number of amides is 1. The number of benzene rings is 2. The van der Waals surface area contributed by atoms with Gasteiger partial charge in [-0.15, -0.1) is 10.2 Å². The number of carbonyl (C=O) groups excluding carboxylic acids is 1. The molecule has 6 nitrogen and oxygen atoms in total. The van der Waals surface area contributed by atoms with Crippen LogP contribution in [0.25, 0.3) is 5.69 Å². The average molecular weight is 354 g/mol. The van der Waals surface area contributed by atoms with E-state index in [4.69, 9.17) is 4.74 Å². The van der Waals surface area contributed by atoms with Crippen molar-refractivity contribution < 1.29 is 9.53 Å². The van der Waals surface area contributed by atoms with E-state index in [9.17, 15) is 4.79 Å². The molecule has 0 radical (unpaired) electrons. The van der Waals surface area contributed by atoms with Gasteiger partial charge in [-0.3, -0.25) is 9.36 Å². The maximum Gasteiger partial charge on any atom is 0.234 e. The first-order valence-corrected chi connectivity index (χ1v) is 8.68. The molecule has 0 aliphatic rings. The molecule has 0 aliphatic carbocycles. The van der Waals surface area contributed by atoms with E-state index in [-0.39, 0.29) is 11.7 Å². The predicted octanol–water partition coefficient (Wildman–Crippen LogP) is 3.32. The van der Waals surface area contributed by atoms with Gasteiger partial charge in [-0.25, -0.2) is 0 Å². The van der Waals surface area contributed by atoms with Crippen molar-refractivity contribution in [2.45, 2.75) is 12.1 Å². The molecule has 3 rings (SSSR count). The molecule has 0 aliphatic heterocycles. The van der Waals surface area contributed by atoms with Crippen LogP contribution in [0.15, 0.2) is 60.0 Å². The van der Waals surface area contributed by atoms with Gasteiger partial charge < -0.3 is 10.1 Å². The fourth-order valence-corrected chi connectivity index (χ4v) is 3.07. The SMILES string of the molecule is COc1cccc(NC(=O)CSc2nncn2-c2ccccc2C)c1. The average Bonchev–Trinajstić information content (AvgIpc) is 3.09. The zero-order valence-corrected chi connectivity index (χ0v) is 14.8. The van der Waals surface area contributed by atoms with Crippen LogP contribution in [-0.2, 0) is 4.79 Å². The number of hydrogen-bond donors (Lipinski definition) is 1. The number of nitrogens with one attached hydrogen (secondary N) is 1. The molecule has 1 heterocycles. The zero-order valence-electron chi connectivity index (χ0n) is 14.0. The quantitative estimate of drug-likeness (QED) is 0.688. The number of aromatic nitrogens is 3. The fourth-order valence-electron chi connectivity index (χ4n) is 2.35. The van der Waals surface area contributed by atoms with Gasteiger partial charge in [-0.1, -0.05) is 36.0 Å². The molecule has 1 aromatic heterocycles. The van der Waals surface area contributed by atoms with Crippen LogP contribution in [0.3, 0.4) is 0 Å². The first-order chi connectivity index (χ1) is 12.2. The molecule has 128 valence electrons. The summed E-state index contributed by atoms with van der Waals surface area (Å²) in [6, 6.07) is 15.2. The first kappa shape index (κ1) is 17.0. The lowest BCUT2D eigenvalue weighted by atomic mass is 10.2. The van der Waals surface area contributed by atoms with Gasteiger partial charge in [0.1, 0.15) is 12.1 Å². The molecule has 0 saturated heterocycles. The highest BCUT2D eigenvalue weighted by molar-refractivity contribution is 7.99. The molecule has 0 spiro atoms. The molecule has 1 N–H and O–H groups in total. The lowest BCUT2D eigenvalue weighted by molar-refractivity contribution is -0.113. The molecule has 25 heavy (non-hydrogen) atoms. The van der Waals surface area contributed by atoms with Crippen LogP contribution in [0.4, 0.5) is 5.69 Å². The number of carbonyl (C=O) groups is 1. The van der Waals surface area contributed by atoms with Crippen molar-refractivity contribution in [2.24, 2.45) is 0 Å². The molecule has 3 aromatic rings. The normalized spacial score (nSPS) is 10.5. The number of hydrogen-bond acceptors (Lipinski definition) is 5. The smallest absolute Gasteiger partial charge is 0.234 e. The summed E-state index contributed by atoms with van der Waals surface area (Å²) in [7, 11) is 1.59. The van der Waals surface area contributed by atoms with Crippen molar-refractivity contribution in [3.05, 3.63) is 60.4 Å². The molecule has 0 bridgehead atoms. The maximum atomic E-state index is 12.2.